The number of aryl methyl sites for hydroxylation is 1. The Morgan fingerprint density at radius 2 is 2.16 bits per heavy atom. The van der Waals surface area contributed by atoms with Gasteiger partial charge in [0, 0.05) is 35.2 Å². The van der Waals surface area contributed by atoms with Crippen LogP contribution in [-0.4, -0.2) is 34.0 Å². The Morgan fingerprint density at radius 3 is 3.00 bits per heavy atom. The van der Waals surface area contributed by atoms with Gasteiger partial charge in [-0.2, -0.15) is 5.10 Å². The molecule has 0 saturated carbocycles. The summed E-state index contributed by atoms with van der Waals surface area (Å²) in [5, 5.41) is 13.5. The number of amides is 2. The van der Waals surface area contributed by atoms with Gasteiger partial charge < -0.3 is 15.6 Å². The van der Waals surface area contributed by atoms with Crippen LogP contribution in [-0.2, 0) is 17.6 Å². The van der Waals surface area contributed by atoms with Gasteiger partial charge in [0.15, 0.2) is 0 Å². The first-order chi connectivity index (χ1) is 12.1. The van der Waals surface area contributed by atoms with Crippen molar-refractivity contribution in [3.63, 3.8) is 0 Å². The molecule has 1 aliphatic carbocycles. The van der Waals surface area contributed by atoms with Gasteiger partial charge in [0.25, 0.3) is 5.91 Å². The van der Waals surface area contributed by atoms with E-state index >= 15 is 0 Å². The number of carbonyl (C=O) groups is 2. The second-order valence-electron chi connectivity index (χ2n) is 6.37. The van der Waals surface area contributed by atoms with Crippen LogP contribution in [0.3, 0.4) is 0 Å². The lowest BCUT2D eigenvalue weighted by Gasteiger charge is -2.20. The Morgan fingerprint density at radius 1 is 1.28 bits per heavy atom. The molecule has 25 heavy (non-hydrogen) atoms. The second kappa shape index (κ2) is 6.08. The van der Waals surface area contributed by atoms with Crippen molar-refractivity contribution >= 4 is 28.4 Å². The van der Waals surface area contributed by atoms with Crippen molar-refractivity contribution in [3.8, 4) is 0 Å². The van der Waals surface area contributed by atoms with Crippen LogP contribution in [0.2, 0.25) is 0 Å². The third kappa shape index (κ3) is 2.88. The predicted octanol–water partition coefficient (Wildman–Crippen LogP) is 1.99. The number of benzene rings is 1. The molecular formula is C18H19N5O2. The number of rotatable bonds is 3. The molecule has 4 rings (SSSR count). The summed E-state index contributed by atoms with van der Waals surface area (Å²) >= 11 is 0. The van der Waals surface area contributed by atoms with Crippen molar-refractivity contribution < 1.29 is 9.59 Å². The maximum absolute atomic E-state index is 12.6. The van der Waals surface area contributed by atoms with E-state index in [2.05, 4.69) is 25.8 Å². The molecule has 0 radical (unpaired) electrons. The van der Waals surface area contributed by atoms with E-state index < -0.39 is 0 Å². The molecule has 0 saturated heterocycles. The molecule has 1 aromatic carbocycles. The van der Waals surface area contributed by atoms with Crippen molar-refractivity contribution in [2.75, 3.05) is 12.4 Å². The van der Waals surface area contributed by atoms with E-state index in [1.807, 2.05) is 18.2 Å². The lowest BCUT2D eigenvalue weighted by atomic mass is 9.87. The van der Waals surface area contributed by atoms with Crippen molar-refractivity contribution in [1.82, 2.24) is 20.5 Å². The van der Waals surface area contributed by atoms with E-state index in [0.29, 0.717) is 12.1 Å². The quantitative estimate of drug-likeness (QED) is 0.588. The van der Waals surface area contributed by atoms with Gasteiger partial charge in [-0.25, -0.2) is 0 Å². The normalized spacial score (nSPS) is 16.4. The summed E-state index contributed by atoms with van der Waals surface area (Å²) in [6, 6.07) is 7.37. The third-order valence-corrected chi connectivity index (χ3v) is 4.75. The van der Waals surface area contributed by atoms with Crippen molar-refractivity contribution in [2.45, 2.75) is 19.3 Å². The number of nitrogens with one attached hydrogen (secondary N) is 4. The summed E-state index contributed by atoms with van der Waals surface area (Å²) in [5.41, 5.74) is 4.36. The Labute approximate surface area is 144 Å². The van der Waals surface area contributed by atoms with E-state index in [0.717, 1.165) is 40.7 Å². The van der Waals surface area contributed by atoms with Crippen LogP contribution in [0.5, 0.6) is 0 Å². The monoisotopic (exact) mass is 337 g/mol. The fraction of sp³-hybridized carbons (Fsp3) is 0.278. The summed E-state index contributed by atoms with van der Waals surface area (Å²) in [6.45, 7) is 0. The highest BCUT2D eigenvalue weighted by atomic mass is 16.2. The fourth-order valence-electron chi connectivity index (χ4n) is 3.35. The van der Waals surface area contributed by atoms with Gasteiger partial charge in [0.2, 0.25) is 5.91 Å². The van der Waals surface area contributed by atoms with Crippen molar-refractivity contribution in [2.24, 2.45) is 5.92 Å². The van der Waals surface area contributed by atoms with Gasteiger partial charge in [-0.05, 0) is 49.1 Å². The van der Waals surface area contributed by atoms with Crippen LogP contribution in [0, 0.1) is 5.92 Å². The van der Waals surface area contributed by atoms with E-state index in [1.54, 1.807) is 19.3 Å². The average Bonchev–Trinajstić information content (AvgIpc) is 3.26. The lowest BCUT2D eigenvalue weighted by molar-refractivity contribution is -0.120. The van der Waals surface area contributed by atoms with Crippen LogP contribution in [0.25, 0.3) is 10.9 Å². The van der Waals surface area contributed by atoms with Gasteiger partial charge >= 0.3 is 0 Å². The number of aromatic nitrogens is 3. The molecule has 3 aromatic rings. The zero-order chi connectivity index (χ0) is 17.4. The highest BCUT2D eigenvalue weighted by Gasteiger charge is 2.25. The van der Waals surface area contributed by atoms with E-state index in [9.17, 15) is 9.59 Å². The molecule has 7 heteroatoms. The van der Waals surface area contributed by atoms with E-state index in [-0.39, 0.29) is 17.7 Å². The first-order valence-electron chi connectivity index (χ1n) is 8.31. The molecule has 0 aliphatic heterocycles. The molecule has 0 bridgehead atoms. The number of carbonyl (C=O) groups excluding carboxylic acids is 2. The Bertz CT molecular complexity index is 955. The minimum atomic E-state index is -0.167. The summed E-state index contributed by atoms with van der Waals surface area (Å²) in [4.78, 5) is 27.4. The largest absolute Gasteiger partial charge is 0.354 e. The number of aromatic amines is 2. The third-order valence-electron chi connectivity index (χ3n) is 4.75. The van der Waals surface area contributed by atoms with Gasteiger partial charge in [0.05, 0.1) is 6.20 Å². The van der Waals surface area contributed by atoms with E-state index in [4.69, 9.17) is 0 Å². The minimum Gasteiger partial charge on any atom is -0.354 e. The fourth-order valence-corrected chi connectivity index (χ4v) is 3.35. The maximum Gasteiger partial charge on any atom is 0.267 e. The van der Waals surface area contributed by atoms with Crippen LogP contribution in [0.15, 0.2) is 30.5 Å². The smallest absolute Gasteiger partial charge is 0.267 e. The van der Waals surface area contributed by atoms with Crippen LogP contribution >= 0.6 is 0 Å². The summed E-state index contributed by atoms with van der Waals surface area (Å²) < 4.78 is 0. The topological polar surface area (TPSA) is 103 Å². The molecule has 1 unspecified atom stereocenters. The maximum atomic E-state index is 12.6. The minimum absolute atomic E-state index is 0.0215. The van der Waals surface area contributed by atoms with Crippen molar-refractivity contribution in [3.05, 3.63) is 47.4 Å². The first-order valence-corrected chi connectivity index (χ1v) is 8.31. The SMILES string of the molecule is CNC(=O)c1cc2cc(NC(=O)C3CCc4[nH]ncc4C3)ccc2[nH]1. The first kappa shape index (κ1) is 15.4. The van der Waals surface area contributed by atoms with E-state index in [1.165, 1.54) is 0 Å². The summed E-state index contributed by atoms with van der Waals surface area (Å²) in [5.74, 6) is -0.193. The highest BCUT2D eigenvalue weighted by Crippen LogP contribution is 2.26. The molecule has 0 fully saturated rings. The molecule has 128 valence electrons. The van der Waals surface area contributed by atoms with Crippen LogP contribution in [0.4, 0.5) is 5.69 Å². The predicted molar refractivity (Wildman–Crippen MR) is 94.4 cm³/mol. The number of nitrogens with zero attached hydrogens (tertiary/aromatic N) is 1. The number of fused-ring (bicyclic) bond motifs is 2. The molecule has 1 atom stereocenters. The molecule has 2 heterocycles. The molecule has 4 N–H and O–H groups in total. The van der Waals surface area contributed by atoms with Gasteiger partial charge in [-0.1, -0.05) is 0 Å². The lowest BCUT2D eigenvalue weighted by Crippen LogP contribution is -2.27. The van der Waals surface area contributed by atoms with Gasteiger partial charge in [-0.3, -0.25) is 14.7 Å². The zero-order valence-corrected chi connectivity index (χ0v) is 13.8. The number of hydrogen-bond donors (Lipinski definition) is 4. The highest BCUT2D eigenvalue weighted by molar-refractivity contribution is 6.00. The molecule has 1 aliphatic rings. The van der Waals surface area contributed by atoms with Gasteiger partial charge in [-0.15, -0.1) is 0 Å². The number of H-pyrrole nitrogens is 2. The van der Waals surface area contributed by atoms with Crippen molar-refractivity contribution in [1.29, 1.82) is 0 Å². The summed E-state index contributed by atoms with van der Waals surface area (Å²) in [7, 11) is 1.59. The standard InChI is InChI=1S/C18H19N5O2/c1-19-18(25)16-8-11-7-13(3-5-14(11)22-16)21-17(24)10-2-4-15-12(6-10)9-20-23-15/h3,5,7-10,22H,2,4,6H2,1H3,(H,19,25)(H,20,23)(H,21,24). The van der Waals surface area contributed by atoms with Gasteiger partial charge in [0.1, 0.15) is 5.69 Å². The summed E-state index contributed by atoms with van der Waals surface area (Å²) in [6.07, 6.45) is 4.18. The molecule has 7 nitrogen and oxygen atoms in total. The van der Waals surface area contributed by atoms with Crippen LogP contribution < -0.4 is 10.6 Å². The number of hydrogen-bond acceptors (Lipinski definition) is 3. The Kier molecular flexibility index (Phi) is 3.76. The molecule has 0 spiro atoms. The molecular weight excluding hydrogens is 318 g/mol. The molecule has 2 amide bonds. The second-order valence-corrected chi connectivity index (χ2v) is 6.37. The molecule has 2 aromatic heterocycles. The zero-order valence-electron chi connectivity index (χ0n) is 13.8. The Hall–Kier alpha value is -3.09. The van der Waals surface area contributed by atoms with Crippen LogP contribution in [0.1, 0.15) is 28.2 Å². The number of anilines is 1. The Balaban J connectivity index is 1.50. The average molecular weight is 337 g/mol.